The molecule has 0 aromatic carbocycles. The SMILES string of the molecule is CCCCN1CCC(NC(=NCCCOCC2CCOC2)NCC)CC1.I. The lowest BCUT2D eigenvalue weighted by atomic mass is 10.0. The van der Waals surface area contributed by atoms with Crippen molar-refractivity contribution in [1.82, 2.24) is 15.5 Å². The zero-order chi connectivity index (χ0) is 18.5. The summed E-state index contributed by atoms with van der Waals surface area (Å²) in [6, 6.07) is 0.546. The van der Waals surface area contributed by atoms with Gasteiger partial charge in [0.25, 0.3) is 0 Å². The molecule has 2 aliphatic rings. The van der Waals surface area contributed by atoms with Crippen LogP contribution in [0.25, 0.3) is 0 Å². The van der Waals surface area contributed by atoms with Crippen molar-refractivity contribution in [3.8, 4) is 0 Å². The molecule has 2 rings (SSSR count). The lowest BCUT2D eigenvalue weighted by Crippen LogP contribution is -2.48. The lowest BCUT2D eigenvalue weighted by molar-refractivity contribution is 0.0893. The van der Waals surface area contributed by atoms with Crippen molar-refractivity contribution in [3.63, 3.8) is 0 Å². The predicted octanol–water partition coefficient (Wildman–Crippen LogP) is 2.87. The maximum Gasteiger partial charge on any atom is 0.191 e. The number of piperidine rings is 1. The van der Waals surface area contributed by atoms with Crippen molar-refractivity contribution in [2.45, 2.75) is 58.4 Å². The van der Waals surface area contributed by atoms with E-state index in [1.165, 1.54) is 45.3 Å². The van der Waals surface area contributed by atoms with Crippen LogP contribution in [0.3, 0.4) is 0 Å². The molecule has 0 spiro atoms. The van der Waals surface area contributed by atoms with Crippen LogP contribution in [0, 0.1) is 5.92 Å². The van der Waals surface area contributed by atoms with Gasteiger partial charge >= 0.3 is 0 Å². The second-order valence-corrected chi connectivity index (χ2v) is 7.53. The second kappa shape index (κ2) is 15.8. The van der Waals surface area contributed by atoms with E-state index >= 15 is 0 Å². The van der Waals surface area contributed by atoms with Crippen LogP contribution >= 0.6 is 24.0 Å². The zero-order valence-electron chi connectivity index (χ0n) is 17.4. The van der Waals surface area contributed by atoms with Crippen LogP contribution in [0.1, 0.15) is 52.4 Å². The molecule has 1 atom stereocenters. The molecule has 0 amide bonds. The summed E-state index contributed by atoms with van der Waals surface area (Å²) in [6.07, 6.45) is 7.14. The van der Waals surface area contributed by atoms with E-state index in [1.807, 2.05) is 0 Å². The Morgan fingerprint density at radius 2 is 2.00 bits per heavy atom. The first-order valence-corrected chi connectivity index (χ1v) is 10.7. The molecule has 6 nitrogen and oxygen atoms in total. The molecule has 0 bridgehead atoms. The van der Waals surface area contributed by atoms with E-state index in [9.17, 15) is 0 Å². The van der Waals surface area contributed by atoms with Crippen LogP contribution in [0.15, 0.2) is 4.99 Å². The molecule has 7 heteroatoms. The fourth-order valence-electron chi connectivity index (χ4n) is 3.52. The molecule has 0 aliphatic carbocycles. The number of ether oxygens (including phenoxy) is 2. The molecular weight excluding hydrogens is 455 g/mol. The molecular formula is C20H41IN4O2. The summed E-state index contributed by atoms with van der Waals surface area (Å²) in [6.45, 7) is 13.1. The Kier molecular flexibility index (Phi) is 14.5. The van der Waals surface area contributed by atoms with E-state index in [0.29, 0.717) is 12.0 Å². The highest BCUT2D eigenvalue weighted by molar-refractivity contribution is 14.0. The maximum absolute atomic E-state index is 5.76. The van der Waals surface area contributed by atoms with Crippen molar-refractivity contribution in [2.24, 2.45) is 10.9 Å². The molecule has 0 saturated carbocycles. The molecule has 2 N–H and O–H groups in total. The summed E-state index contributed by atoms with van der Waals surface area (Å²) in [4.78, 5) is 7.32. The fourth-order valence-corrected chi connectivity index (χ4v) is 3.52. The standard InChI is InChI=1S/C20H40N4O2.HI/c1-3-5-11-24-12-7-19(8-13-24)23-20(21-4-2)22-10-6-14-25-16-18-9-15-26-17-18;/h18-19H,3-17H2,1-2H3,(H2,21,22,23);1H. The van der Waals surface area contributed by atoms with Crippen LogP contribution in [0.4, 0.5) is 0 Å². The number of likely N-dealkylation sites (tertiary alicyclic amines) is 1. The maximum atomic E-state index is 5.76. The van der Waals surface area contributed by atoms with Gasteiger partial charge < -0.3 is 25.0 Å². The number of unbranched alkanes of at least 4 members (excludes halogenated alkanes) is 1. The van der Waals surface area contributed by atoms with E-state index in [0.717, 1.165) is 58.3 Å². The van der Waals surface area contributed by atoms with E-state index in [1.54, 1.807) is 0 Å². The number of hydrogen-bond donors (Lipinski definition) is 2. The van der Waals surface area contributed by atoms with Gasteiger partial charge in [0, 0.05) is 51.4 Å². The van der Waals surface area contributed by atoms with Crippen molar-refractivity contribution in [2.75, 3.05) is 59.2 Å². The minimum Gasteiger partial charge on any atom is -0.381 e. The normalized spacial score (nSPS) is 21.9. The van der Waals surface area contributed by atoms with Gasteiger partial charge in [-0.1, -0.05) is 13.3 Å². The third-order valence-electron chi connectivity index (χ3n) is 5.19. The highest BCUT2D eigenvalue weighted by Gasteiger charge is 2.19. The molecule has 27 heavy (non-hydrogen) atoms. The minimum atomic E-state index is 0. The quantitative estimate of drug-likeness (QED) is 0.200. The number of halogens is 1. The monoisotopic (exact) mass is 496 g/mol. The molecule has 2 aliphatic heterocycles. The van der Waals surface area contributed by atoms with Gasteiger partial charge in [-0.25, -0.2) is 0 Å². The molecule has 0 aromatic rings. The van der Waals surface area contributed by atoms with Crippen molar-refractivity contribution < 1.29 is 9.47 Å². The predicted molar refractivity (Wildman–Crippen MR) is 123 cm³/mol. The van der Waals surface area contributed by atoms with Gasteiger partial charge in [0.05, 0.1) is 13.2 Å². The summed E-state index contributed by atoms with van der Waals surface area (Å²) in [5, 5.41) is 7.00. The molecule has 2 heterocycles. The van der Waals surface area contributed by atoms with Gasteiger partial charge in [-0.05, 0) is 45.6 Å². The number of aliphatic imine (C=N–C) groups is 1. The topological polar surface area (TPSA) is 58.1 Å². The number of nitrogens with zero attached hydrogens (tertiary/aromatic N) is 2. The third-order valence-corrected chi connectivity index (χ3v) is 5.19. The first kappa shape index (κ1) is 24.9. The largest absolute Gasteiger partial charge is 0.381 e. The minimum absolute atomic E-state index is 0. The first-order valence-electron chi connectivity index (χ1n) is 10.7. The molecule has 1 unspecified atom stereocenters. The summed E-state index contributed by atoms with van der Waals surface area (Å²) in [5.41, 5.74) is 0. The second-order valence-electron chi connectivity index (χ2n) is 7.53. The molecule has 0 aromatic heterocycles. The van der Waals surface area contributed by atoms with Crippen LogP contribution in [-0.4, -0.2) is 76.1 Å². The smallest absolute Gasteiger partial charge is 0.191 e. The number of guanidine groups is 1. The van der Waals surface area contributed by atoms with E-state index in [-0.39, 0.29) is 24.0 Å². The molecule has 0 radical (unpaired) electrons. The molecule has 2 saturated heterocycles. The van der Waals surface area contributed by atoms with Crippen LogP contribution in [0.2, 0.25) is 0 Å². The van der Waals surface area contributed by atoms with Gasteiger partial charge in [0.1, 0.15) is 0 Å². The Hall–Kier alpha value is -0.120. The van der Waals surface area contributed by atoms with E-state index in [4.69, 9.17) is 14.5 Å². The Bertz CT molecular complexity index is 384. The van der Waals surface area contributed by atoms with Gasteiger partial charge in [0.15, 0.2) is 5.96 Å². The molecule has 2 fully saturated rings. The highest BCUT2D eigenvalue weighted by Crippen LogP contribution is 2.12. The highest BCUT2D eigenvalue weighted by atomic mass is 127. The average Bonchev–Trinajstić information content (AvgIpc) is 3.17. The summed E-state index contributed by atoms with van der Waals surface area (Å²) in [5.74, 6) is 1.56. The lowest BCUT2D eigenvalue weighted by Gasteiger charge is -2.33. The number of rotatable bonds is 11. The fraction of sp³-hybridized carbons (Fsp3) is 0.950. The van der Waals surface area contributed by atoms with E-state index in [2.05, 4.69) is 29.4 Å². The Labute approximate surface area is 183 Å². The van der Waals surface area contributed by atoms with Crippen LogP contribution in [-0.2, 0) is 9.47 Å². The Morgan fingerprint density at radius 3 is 2.67 bits per heavy atom. The van der Waals surface area contributed by atoms with Gasteiger partial charge in [-0.3, -0.25) is 4.99 Å². The Morgan fingerprint density at radius 1 is 1.19 bits per heavy atom. The third kappa shape index (κ3) is 10.9. The summed E-state index contributed by atoms with van der Waals surface area (Å²) < 4.78 is 11.1. The zero-order valence-corrected chi connectivity index (χ0v) is 19.7. The number of nitrogens with one attached hydrogen (secondary N) is 2. The van der Waals surface area contributed by atoms with Gasteiger partial charge in [-0.2, -0.15) is 0 Å². The van der Waals surface area contributed by atoms with Crippen molar-refractivity contribution in [1.29, 1.82) is 0 Å². The van der Waals surface area contributed by atoms with Crippen LogP contribution < -0.4 is 10.6 Å². The number of hydrogen-bond acceptors (Lipinski definition) is 4. The molecule has 160 valence electrons. The first-order chi connectivity index (χ1) is 12.8. The summed E-state index contributed by atoms with van der Waals surface area (Å²) >= 11 is 0. The van der Waals surface area contributed by atoms with E-state index < -0.39 is 0 Å². The summed E-state index contributed by atoms with van der Waals surface area (Å²) in [7, 11) is 0. The van der Waals surface area contributed by atoms with Crippen molar-refractivity contribution in [3.05, 3.63) is 0 Å². The van der Waals surface area contributed by atoms with Crippen molar-refractivity contribution >= 4 is 29.9 Å². The van der Waals surface area contributed by atoms with Crippen LogP contribution in [0.5, 0.6) is 0 Å². The Balaban J connectivity index is 0.00000364. The van der Waals surface area contributed by atoms with Gasteiger partial charge in [-0.15, -0.1) is 24.0 Å². The van der Waals surface area contributed by atoms with Gasteiger partial charge in [0.2, 0.25) is 0 Å². The average molecular weight is 496 g/mol.